The number of hydrogen-bond donors (Lipinski definition) is 11. The smallest absolute Gasteiger partial charge is 0.187 e. The first-order valence-corrected chi connectivity index (χ1v) is 16.4. The van der Waals surface area contributed by atoms with Gasteiger partial charge in [-0.3, -0.25) is 0 Å². The molecule has 5 heterocycles. The molecule has 21 nitrogen and oxygen atoms in total. The van der Waals surface area contributed by atoms with Crippen LogP contribution in [0.4, 0.5) is 0 Å². The summed E-state index contributed by atoms with van der Waals surface area (Å²) in [4.78, 5) is 0. The van der Waals surface area contributed by atoms with Gasteiger partial charge in [0.15, 0.2) is 31.5 Å². The van der Waals surface area contributed by atoms with Crippen LogP contribution in [0.3, 0.4) is 0 Å². The van der Waals surface area contributed by atoms with Crippen molar-refractivity contribution in [1.29, 1.82) is 0 Å². The maximum absolute atomic E-state index is 11.1. The summed E-state index contributed by atoms with van der Waals surface area (Å²) < 4.78 is 56.3. The number of aliphatic hydroxyl groups excluding tert-OH is 11. The molecule has 50 heavy (non-hydrogen) atoms. The number of hydrogen-bond acceptors (Lipinski definition) is 21. The third-order valence-electron chi connectivity index (χ3n) is 9.62. The lowest BCUT2D eigenvalue weighted by atomic mass is 9.96. The minimum absolute atomic E-state index is 0.395. The largest absolute Gasteiger partial charge is 0.388 e. The van der Waals surface area contributed by atoms with Crippen LogP contribution >= 0.6 is 0 Å². The Hall–Kier alpha value is -0.840. The van der Waals surface area contributed by atoms with E-state index in [9.17, 15) is 56.2 Å². The molecule has 5 aliphatic heterocycles. The zero-order valence-electron chi connectivity index (χ0n) is 27.7. The molecule has 21 heteroatoms. The number of ether oxygens (including phenoxy) is 10. The first kappa shape index (κ1) is 40.3. The monoisotopic (exact) mass is 734 g/mol. The van der Waals surface area contributed by atoms with E-state index in [-0.39, 0.29) is 0 Å². The van der Waals surface area contributed by atoms with Crippen molar-refractivity contribution in [3.05, 3.63) is 0 Å². The average molecular weight is 735 g/mol. The molecule has 5 fully saturated rings. The normalized spacial score (nSPS) is 55.1. The number of rotatable bonds is 9. The first-order chi connectivity index (χ1) is 23.5. The van der Waals surface area contributed by atoms with Crippen molar-refractivity contribution in [3.8, 4) is 0 Å². The van der Waals surface area contributed by atoms with E-state index < -0.39 is 155 Å². The summed E-state index contributed by atoms with van der Waals surface area (Å²) in [6.45, 7) is 3.57. The van der Waals surface area contributed by atoms with E-state index in [0.29, 0.717) is 0 Å². The second-order valence-corrected chi connectivity index (χ2v) is 13.2. The van der Waals surface area contributed by atoms with E-state index in [0.717, 1.165) is 0 Å². The van der Waals surface area contributed by atoms with Gasteiger partial charge in [-0.1, -0.05) is 0 Å². The third-order valence-corrected chi connectivity index (χ3v) is 9.62. The van der Waals surface area contributed by atoms with Gasteiger partial charge in [-0.05, 0) is 20.8 Å². The van der Waals surface area contributed by atoms with Gasteiger partial charge in [-0.2, -0.15) is 0 Å². The third kappa shape index (κ3) is 8.13. The molecule has 0 amide bonds. The van der Waals surface area contributed by atoms with E-state index in [4.69, 9.17) is 47.4 Å². The highest BCUT2D eigenvalue weighted by atomic mass is 16.8. The Morgan fingerprint density at radius 3 is 1.48 bits per heavy atom. The lowest BCUT2D eigenvalue weighted by molar-refractivity contribution is -0.393. The van der Waals surface area contributed by atoms with Crippen molar-refractivity contribution in [2.75, 3.05) is 20.3 Å². The van der Waals surface area contributed by atoms with Crippen LogP contribution in [0.5, 0.6) is 0 Å². The van der Waals surface area contributed by atoms with Crippen LogP contribution in [-0.4, -0.2) is 218 Å². The van der Waals surface area contributed by atoms with Crippen LogP contribution in [0.2, 0.25) is 0 Å². The van der Waals surface area contributed by atoms with Crippen molar-refractivity contribution in [2.24, 2.45) is 0 Å². The van der Waals surface area contributed by atoms with Crippen molar-refractivity contribution < 1.29 is 104 Å². The molecule has 0 aromatic heterocycles. The van der Waals surface area contributed by atoms with E-state index in [1.807, 2.05) is 0 Å². The summed E-state index contributed by atoms with van der Waals surface area (Å²) in [5, 5.41) is 115. The Kier molecular flexibility index (Phi) is 13.5. The van der Waals surface area contributed by atoms with Crippen LogP contribution in [0.15, 0.2) is 0 Å². The van der Waals surface area contributed by atoms with Crippen molar-refractivity contribution in [3.63, 3.8) is 0 Å². The first-order valence-electron chi connectivity index (χ1n) is 16.4. The fourth-order valence-corrected chi connectivity index (χ4v) is 6.49. The van der Waals surface area contributed by atoms with E-state index in [2.05, 4.69) is 0 Å². The minimum atomic E-state index is -1.85. The van der Waals surface area contributed by atoms with Gasteiger partial charge in [0.2, 0.25) is 0 Å². The fraction of sp³-hybridized carbons (Fsp3) is 1.00. The SMILES string of the molecule is CO[C@H]1O[C@H](C)[C@@H](O)[C@H](O[C@@H]2O[C@@H](C)[C@H](O)[C@@H](O)[C@H]2O)[C@H]1O[C@@H]1O[C@@H](C)[C@H](O[C@@H]2OC[C@@H](O)[C@H](O[C@@H]3OC[C@@H](O)[C@H](O)[C@H]3O)[C@H]2O)[C@@H](O)[C@H]1O. The molecule has 5 aliphatic rings. The molecular weight excluding hydrogens is 684 g/mol. The van der Waals surface area contributed by atoms with Crippen LogP contribution in [-0.2, 0) is 47.4 Å². The predicted molar refractivity (Wildman–Crippen MR) is 155 cm³/mol. The second-order valence-electron chi connectivity index (χ2n) is 13.2. The molecular formula is C29H50O21. The molecule has 0 aliphatic carbocycles. The molecule has 5 rings (SSSR count). The predicted octanol–water partition coefficient (Wildman–Crippen LogP) is -6.91. The summed E-state index contributed by atoms with van der Waals surface area (Å²) in [5.74, 6) is 0. The van der Waals surface area contributed by atoms with Crippen LogP contribution in [0.25, 0.3) is 0 Å². The van der Waals surface area contributed by atoms with Crippen LogP contribution in [0, 0.1) is 0 Å². The van der Waals surface area contributed by atoms with Gasteiger partial charge in [0, 0.05) is 7.11 Å². The molecule has 5 saturated heterocycles. The van der Waals surface area contributed by atoms with Gasteiger partial charge < -0.3 is 104 Å². The van der Waals surface area contributed by atoms with Gasteiger partial charge >= 0.3 is 0 Å². The molecule has 0 aromatic rings. The lowest BCUT2D eigenvalue weighted by Crippen LogP contribution is -2.66. The molecule has 0 aromatic carbocycles. The standard InChI is InChI=1S/C29H50O21/c1-7-12(32)15(35)18(38)27(44-7)49-23-13(33)8(2)45-29(41-4)24(23)50-28-19(39)16(36)21(9(3)46-28)47-26-20(40)22(11(31)6-43-26)48-25-17(37)14(34)10(30)5-42-25/h7-40H,5-6H2,1-4H3/t7-,8+,9-,10+,11+,12-,13+,14-,15+,16-,17+,18+,19+,20+,21-,22-,23-,24+,25-,26-,27-,28-,29-/m0/s1. The van der Waals surface area contributed by atoms with Gasteiger partial charge in [-0.15, -0.1) is 0 Å². The molecule has 292 valence electrons. The van der Waals surface area contributed by atoms with Gasteiger partial charge in [0.05, 0.1) is 31.5 Å². The highest BCUT2D eigenvalue weighted by Gasteiger charge is 2.54. The Morgan fingerprint density at radius 2 is 0.840 bits per heavy atom. The number of methoxy groups -OCH3 is 1. The van der Waals surface area contributed by atoms with Gasteiger partial charge in [-0.25, -0.2) is 0 Å². The molecule has 0 saturated carbocycles. The molecule has 23 atom stereocenters. The topological polar surface area (TPSA) is 315 Å². The maximum Gasteiger partial charge on any atom is 0.187 e. The Morgan fingerprint density at radius 1 is 0.380 bits per heavy atom. The van der Waals surface area contributed by atoms with Gasteiger partial charge in [0.25, 0.3) is 0 Å². The molecule has 0 spiro atoms. The fourth-order valence-electron chi connectivity index (χ4n) is 6.49. The van der Waals surface area contributed by atoms with Crippen molar-refractivity contribution in [2.45, 2.75) is 162 Å². The highest BCUT2D eigenvalue weighted by Crippen LogP contribution is 2.35. The lowest BCUT2D eigenvalue weighted by Gasteiger charge is -2.49. The summed E-state index contributed by atoms with van der Waals surface area (Å²) >= 11 is 0. The highest BCUT2D eigenvalue weighted by molar-refractivity contribution is 4.96. The molecule has 11 N–H and O–H groups in total. The Bertz CT molecular complexity index is 1080. The summed E-state index contributed by atoms with van der Waals surface area (Å²) in [7, 11) is 1.27. The quantitative estimate of drug-likeness (QED) is 0.105. The van der Waals surface area contributed by atoms with Crippen molar-refractivity contribution in [1.82, 2.24) is 0 Å². The molecule has 0 bridgehead atoms. The second kappa shape index (κ2) is 16.7. The van der Waals surface area contributed by atoms with E-state index >= 15 is 0 Å². The van der Waals surface area contributed by atoms with E-state index in [1.54, 1.807) is 0 Å². The zero-order chi connectivity index (χ0) is 36.8. The Labute approximate surface area is 286 Å². The summed E-state index contributed by atoms with van der Waals surface area (Å²) in [5.41, 5.74) is 0. The molecule has 0 radical (unpaired) electrons. The average Bonchev–Trinajstić information content (AvgIpc) is 3.08. The maximum atomic E-state index is 11.1. The van der Waals surface area contributed by atoms with Crippen molar-refractivity contribution >= 4 is 0 Å². The number of aliphatic hydroxyl groups is 11. The van der Waals surface area contributed by atoms with Gasteiger partial charge in [0.1, 0.15) is 91.6 Å². The summed E-state index contributed by atoms with van der Waals surface area (Å²) in [6.07, 6.45) is -34.0. The van der Waals surface area contributed by atoms with Crippen LogP contribution in [0.1, 0.15) is 20.8 Å². The van der Waals surface area contributed by atoms with Crippen LogP contribution < -0.4 is 0 Å². The van der Waals surface area contributed by atoms with E-state index in [1.165, 1.54) is 27.9 Å². The zero-order valence-corrected chi connectivity index (χ0v) is 27.7. The minimum Gasteiger partial charge on any atom is -0.388 e. The summed E-state index contributed by atoms with van der Waals surface area (Å²) in [6, 6.07) is 0. The Balaban J connectivity index is 1.25. The molecule has 0 unspecified atom stereocenters.